The lowest BCUT2D eigenvalue weighted by Gasteiger charge is -2.21. The van der Waals surface area contributed by atoms with Crippen molar-refractivity contribution in [2.75, 3.05) is 11.9 Å². The number of hydrogen-bond donors (Lipinski definition) is 3. The molecule has 1 aliphatic heterocycles. The summed E-state index contributed by atoms with van der Waals surface area (Å²) >= 11 is 5.99. The van der Waals surface area contributed by atoms with Crippen LogP contribution < -0.4 is 10.0 Å². The molecule has 1 atom stereocenters. The van der Waals surface area contributed by atoms with Gasteiger partial charge in [-0.25, -0.2) is 13.1 Å². The molecule has 116 valence electrons. The van der Waals surface area contributed by atoms with Crippen LogP contribution in [-0.2, 0) is 21.2 Å². The van der Waals surface area contributed by atoms with Crippen molar-refractivity contribution in [3.63, 3.8) is 0 Å². The summed E-state index contributed by atoms with van der Waals surface area (Å²) in [5.74, 6) is -0.197. The van der Waals surface area contributed by atoms with E-state index in [2.05, 4.69) is 10.0 Å². The van der Waals surface area contributed by atoms with Gasteiger partial charge in [0.15, 0.2) is 0 Å². The van der Waals surface area contributed by atoms with Gasteiger partial charge >= 0.3 is 0 Å². The van der Waals surface area contributed by atoms with Crippen LogP contribution in [0.5, 0.6) is 0 Å². The molecule has 8 heteroatoms. The average Bonchev–Trinajstić information content (AvgIpc) is 2.75. The Hall–Kier alpha value is -1.15. The average molecular weight is 333 g/mol. The van der Waals surface area contributed by atoms with Crippen molar-refractivity contribution in [1.29, 1.82) is 0 Å². The van der Waals surface area contributed by atoms with Gasteiger partial charge in [0.2, 0.25) is 15.9 Å². The molecule has 1 aromatic rings. The van der Waals surface area contributed by atoms with Gasteiger partial charge in [-0.05, 0) is 31.0 Å². The Morgan fingerprint density at radius 2 is 2.14 bits per heavy atom. The largest absolute Gasteiger partial charge is 0.389 e. The second-order valence-electron chi connectivity index (χ2n) is 5.34. The minimum absolute atomic E-state index is 0.0274. The Labute approximate surface area is 128 Å². The first-order valence-corrected chi connectivity index (χ1v) is 8.35. The van der Waals surface area contributed by atoms with E-state index in [9.17, 15) is 18.3 Å². The summed E-state index contributed by atoms with van der Waals surface area (Å²) in [7, 11) is -3.85. The maximum absolute atomic E-state index is 12.3. The standard InChI is InChI=1S/C13H17ClN2O4S/c1-3-13(2,18)7-15-21(19,20)11-4-8-5-12(17)16-10(8)6-9(11)14/h4,6,15,18H,3,5,7H2,1-2H3,(H,16,17). The van der Waals surface area contributed by atoms with Crippen molar-refractivity contribution in [2.45, 2.75) is 37.2 Å². The number of rotatable bonds is 5. The van der Waals surface area contributed by atoms with Gasteiger partial charge in [0.05, 0.1) is 17.0 Å². The first-order chi connectivity index (χ1) is 9.64. The molecule has 6 nitrogen and oxygen atoms in total. The van der Waals surface area contributed by atoms with E-state index < -0.39 is 15.6 Å². The maximum Gasteiger partial charge on any atom is 0.242 e. The molecule has 1 heterocycles. The minimum Gasteiger partial charge on any atom is -0.389 e. The molecule has 1 aromatic carbocycles. The van der Waals surface area contributed by atoms with Crippen molar-refractivity contribution in [1.82, 2.24) is 4.72 Å². The molecule has 2 rings (SSSR count). The minimum atomic E-state index is -3.85. The third kappa shape index (κ3) is 3.55. The summed E-state index contributed by atoms with van der Waals surface area (Å²) in [5.41, 5.74) is -0.00937. The van der Waals surface area contributed by atoms with Crippen LogP contribution in [0.15, 0.2) is 17.0 Å². The van der Waals surface area contributed by atoms with E-state index in [1.165, 1.54) is 12.1 Å². The van der Waals surface area contributed by atoms with Crippen LogP contribution in [0, 0.1) is 0 Å². The number of anilines is 1. The highest BCUT2D eigenvalue weighted by Crippen LogP contribution is 2.32. The van der Waals surface area contributed by atoms with E-state index in [0.29, 0.717) is 17.7 Å². The molecule has 1 unspecified atom stereocenters. The first kappa shape index (κ1) is 16.2. The lowest BCUT2D eigenvalue weighted by molar-refractivity contribution is -0.115. The maximum atomic E-state index is 12.3. The van der Waals surface area contributed by atoms with Crippen molar-refractivity contribution in [2.24, 2.45) is 0 Å². The third-order valence-electron chi connectivity index (χ3n) is 3.48. The quantitative estimate of drug-likeness (QED) is 0.756. The number of amides is 1. The smallest absolute Gasteiger partial charge is 0.242 e. The molecule has 0 aliphatic carbocycles. The van der Waals surface area contributed by atoms with Gasteiger partial charge in [-0.3, -0.25) is 4.79 Å². The highest BCUT2D eigenvalue weighted by atomic mass is 35.5. The van der Waals surface area contributed by atoms with Gasteiger partial charge in [0.25, 0.3) is 0 Å². The summed E-state index contributed by atoms with van der Waals surface area (Å²) in [4.78, 5) is 11.2. The molecule has 21 heavy (non-hydrogen) atoms. The molecule has 0 fully saturated rings. The van der Waals surface area contributed by atoms with Gasteiger partial charge < -0.3 is 10.4 Å². The summed E-state index contributed by atoms with van der Waals surface area (Å²) in [5, 5.41) is 12.5. The summed E-state index contributed by atoms with van der Waals surface area (Å²) in [6.07, 6.45) is 0.535. The highest BCUT2D eigenvalue weighted by molar-refractivity contribution is 7.89. The summed E-state index contributed by atoms with van der Waals surface area (Å²) in [6, 6.07) is 2.81. The van der Waals surface area contributed by atoms with Crippen LogP contribution in [-0.4, -0.2) is 31.6 Å². The molecular weight excluding hydrogens is 316 g/mol. The number of fused-ring (bicyclic) bond motifs is 1. The SMILES string of the molecule is CCC(C)(O)CNS(=O)(=O)c1cc2c(cc1Cl)NC(=O)C2. The lowest BCUT2D eigenvalue weighted by Crippen LogP contribution is -2.40. The molecule has 0 spiro atoms. The Bertz CT molecular complexity index is 686. The van der Waals surface area contributed by atoms with Crippen molar-refractivity contribution in [3.8, 4) is 0 Å². The number of aliphatic hydroxyl groups is 1. The summed E-state index contributed by atoms with van der Waals surface area (Å²) in [6.45, 7) is 3.19. The van der Waals surface area contributed by atoms with Crippen molar-refractivity contribution < 1.29 is 18.3 Å². The monoisotopic (exact) mass is 332 g/mol. The van der Waals surface area contributed by atoms with Crippen LogP contribution in [0.2, 0.25) is 5.02 Å². The van der Waals surface area contributed by atoms with E-state index in [0.717, 1.165) is 0 Å². The van der Waals surface area contributed by atoms with E-state index in [4.69, 9.17) is 11.6 Å². The van der Waals surface area contributed by atoms with Gasteiger partial charge in [-0.15, -0.1) is 0 Å². The van der Waals surface area contributed by atoms with Gasteiger partial charge in [0, 0.05) is 12.2 Å². The van der Waals surface area contributed by atoms with Crippen LogP contribution >= 0.6 is 11.6 Å². The zero-order valence-corrected chi connectivity index (χ0v) is 13.3. The number of carbonyl (C=O) groups excluding carboxylic acids is 1. The molecule has 3 N–H and O–H groups in total. The lowest BCUT2D eigenvalue weighted by atomic mass is 10.1. The molecular formula is C13H17ClN2O4S. The number of benzene rings is 1. The van der Waals surface area contributed by atoms with Crippen LogP contribution in [0.4, 0.5) is 5.69 Å². The Balaban J connectivity index is 2.29. The fourth-order valence-electron chi connectivity index (χ4n) is 1.88. The number of sulfonamides is 1. The van der Waals surface area contributed by atoms with Crippen molar-refractivity contribution >= 4 is 33.2 Å². The predicted octanol–water partition coefficient (Wildman–Crippen LogP) is 1.27. The molecule has 0 aromatic heterocycles. The molecule has 0 bridgehead atoms. The Morgan fingerprint density at radius 1 is 1.48 bits per heavy atom. The molecule has 0 saturated heterocycles. The Morgan fingerprint density at radius 3 is 2.76 bits per heavy atom. The predicted molar refractivity (Wildman–Crippen MR) is 79.9 cm³/mol. The number of carbonyl (C=O) groups is 1. The topological polar surface area (TPSA) is 95.5 Å². The molecule has 1 aliphatic rings. The van der Waals surface area contributed by atoms with E-state index >= 15 is 0 Å². The molecule has 0 radical (unpaired) electrons. The van der Waals surface area contributed by atoms with Gasteiger partial charge in [-0.1, -0.05) is 18.5 Å². The van der Waals surface area contributed by atoms with E-state index in [1.54, 1.807) is 13.8 Å². The number of halogens is 1. The zero-order chi connectivity index (χ0) is 15.8. The summed E-state index contributed by atoms with van der Waals surface area (Å²) < 4.78 is 26.9. The van der Waals surface area contributed by atoms with Crippen molar-refractivity contribution in [3.05, 3.63) is 22.7 Å². The van der Waals surface area contributed by atoms with Gasteiger partial charge in [-0.2, -0.15) is 0 Å². The molecule has 0 saturated carbocycles. The van der Waals surface area contributed by atoms with Crippen LogP contribution in [0.1, 0.15) is 25.8 Å². The second-order valence-corrected chi connectivity index (χ2v) is 7.48. The van der Waals surface area contributed by atoms with Gasteiger partial charge in [0.1, 0.15) is 4.90 Å². The fraction of sp³-hybridized carbons (Fsp3) is 0.462. The highest BCUT2D eigenvalue weighted by Gasteiger charge is 2.27. The van der Waals surface area contributed by atoms with E-state index in [1.807, 2.05) is 0 Å². The zero-order valence-electron chi connectivity index (χ0n) is 11.7. The second kappa shape index (κ2) is 5.57. The van der Waals surface area contributed by atoms with E-state index in [-0.39, 0.29) is 28.8 Å². The third-order valence-corrected chi connectivity index (χ3v) is 5.34. The number of hydrogen-bond acceptors (Lipinski definition) is 4. The van der Waals surface area contributed by atoms with Crippen LogP contribution in [0.25, 0.3) is 0 Å². The first-order valence-electron chi connectivity index (χ1n) is 6.49. The fourth-order valence-corrected chi connectivity index (χ4v) is 3.62. The van der Waals surface area contributed by atoms with Crippen LogP contribution in [0.3, 0.4) is 0 Å². The normalized spacial score (nSPS) is 17.2. The number of nitrogens with one attached hydrogen (secondary N) is 2. The molecule has 1 amide bonds. The Kier molecular flexibility index (Phi) is 4.30.